The zero-order valence-electron chi connectivity index (χ0n) is 11.3. The Bertz CT molecular complexity index is 438. The normalized spacial score (nSPS) is 16.2. The molecule has 1 aromatic carbocycles. The monoisotopic (exact) mass is 247 g/mol. The first kappa shape index (κ1) is 12.9. The number of amides is 1. The van der Waals surface area contributed by atoms with Crippen LogP contribution < -0.4 is 10.1 Å². The van der Waals surface area contributed by atoms with E-state index in [1.807, 2.05) is 13.0 Å². The summed E-state index contributed by atoms with van der Waals surface area (Å²) in [6, 6.07) is 6.26. The van der Waals surface area contributed by atoms with Crippen LogP contribution in [0.5, 0.6) is 5.75 Å². The minimum Gasteiger partial charge on any atom is -0.496 e. The van der Waals surface area contributed by atoms with E-state index in [1.54, 1.807) is 14.2 Å². The summed E-state index contributed by atoms with van der Waals surface area (Å²) in [5, 5.41) is 2.72. The van der Waals surface area contributed by atoms with E-state index in [0.29, 0.717) is 18.3 Å². The number of rotatable bonds is 5. The number of aryl methyl sites for hydroxylation is 1. The Balaban J connectivity index is 2.20. The number of ether oxygens (including phenoxy) is 1. The number of carbonyl (C=O) groups is 1. The van der Waals surface area contributed by atoms with Gasteiger partial charge in [0.25, 0.3) is 0 Å². The van der Waals surface area contributed by atoms with Crippen LogP contribution in [-0.4, -0.2) is 20.1 Å². The zero-order chi connectivity index (χ0) is 13.1. The van der Waals surface area contributed by atoms with E-state index in [4.69, 9.17) is 4.74 Å². The Hall–Kier alpha value is -1.51. The molecule has 1 N–H and O–H groups in total. The number of hydrogen-bond acceptors (Lipinski definition) is 2. The van der Waals surface area contributed by atoms with Crippen LogP contribution in [0.4, 0.5) is 0 Å². The molecule has 1 saturated carbocycles. The maximum Gasteiger partial charge on any atom is 0.220 e. The Morgan fingerprint density at radius 1 is 1.50 bits per heavy atom. The van der Waals surface area contributed by atoms with E-state index < -0.39 is 0 Å². The van der Waals surface area contributed by atoms with Gasteiger partial charge in [-0.15, -0.1) is 0 Å². The van der Waals surface area contributed by atoms with Crippen LogP contribution in [0.1, 0.15) is 36.3 Å². The van der Waals surface area contributed by atoms with Crippen molar-refractivity contribution in [2.75, 3.05) is 14.2 Å². The summed E-state index contributed by atoms with van der Waals surface area (Å²) in [6.07, 6.45) is 3.08. The van der Waals surface area contributed by atoms with Gasteiger partial charge in [-0.25, -0.2) is 0 Å². The summed E-state index contributed by atoms with van der Waals surface area (Å²) >= 11 is 0. The summed E-state index contributed by atoms with van der Waals surface area (Å²) in [5.74, 6) is 2.07. The number of nitrogens with one attached hydrogen (secondary N) is 1. The summed E-state index contributed by atoms with van der Waals surface area (Å²) < 4.78 is 5.28. The van der Waals surface area contributed by atoms with Crippen molar-refractivity contribution < 1.29 is 9.53 Å². The predicted molar refractivity (Wildman–Crippen MR) is 71.9 cm³/mol. The van der Waals surface area contributed by atoms with Gasteiger partial charge in [-0.2, -0.15) is 0 Å². The van der Waals surface area contributed by atoms with E-state index >= 15 is 0 Å². The number of methoxy groups -OCH3 is 1. The van der Waals surface area contributed by atoms with Gasteiger partial charge in [0.05, 0.1) is 7.11 Å². The van der Waals surface area contributed by atoms with Gasteiger partial charge in [0, 0.05) is 13.5 Å². The van der Waals surface area contributed by atoms with Gasteiger partial charge in [-0.3, -0.25) is 4.79 Å². The first-order chi connectivity index (χ1) is 8.65. The minimum atomic E-state index is 0.125. The average molecular weight is 247 g/mol. The minimum absolute atomic E-state index is 0.125. The molecule has 1 aliphatic rings. The zero-order valence-corrected chi connectivity index (χ0v) is 11.3. The SMILES string of the molecule is CNC(=O)CC(c1ccc(OC)c(C)c1)C1CC1. The molecule has 98 valence electrons. The van der Waals surface area contributed by atoms with Crippen LogP contribution in [0.3, 0.4) is 0 Å². The van der Waals surface area contributed by atoms with Crippen LogP contribution in [0.2, 0.25) is 0 Å². The molecule has 1 atom stereocenters. The Morgan fingerprint density at radius 2 is 2.22 bits per heavy atom. The molecule has 3 heteroatoms. The molecule has 0 radical (unpaired) electrons. The van der Waals surface area contributed by atoms with Gasteiger partial charge in [-0.1, -0.05) is 12.1 Å². The molecule has 0 bridgehead atoms. The first-order valence-electron chi connectivity index (χ1n) is 6.50. The molecule has 2 rings (SSSR count). The molecule has 1 amide bonds. The van der Waals surface area contributed by atoms with Gasteiger partial charge >= 0.3 is 0 Å². The Morgan fingerprint density at radius 3 is 2.72 bits per heavy atom. The summed E-state index contributed by atoms with van der Waals surface area (Å²) in [5.41, 5.74) is 2.40. The van der Waals surface area contributed by atoms with Crippen LogP contribution in [-0.2, 0) is 4.79 Å². The molecule has 0 aromatic heterocycles. The molecule has 18 heavy (non-hydrogen) atoms. The van der Waals surface area contributed by atoms with Gasteiger partial charge in [-0.05, 0) is 48.8 Å². The highest BCUT2D eigenvalue weighted by atomic mass is 16.5. The average Bonchev–Trinajstić information content (AvgIpc) is 3.19. The third-order valence-electron chi connectivity index (χ3n) is 3.72. The quantitative estimate of drug-likeness (QED) is 0.868. The summed E-state index contributed by atoms with van der Waals surface area (Å²) in [4.78, 5) is 11.6. The van der Waals surface area contributed by atoms with Crippen molar-refractivity contribution in [3.05, 3.63) is 29.3 Å². The smallest absolute Gasteiger partial charge is 0.220 e. The highest BCUT2D eigenvalue weighted by Gasteiger charge is 2.33. The van der Waals surface area contributed by atoms with E-state index in [-0.39, 0.29) is 5.91 Å². The van der Waals surface area contributed by atoms with Crippen LogP contribution in [0.25, 0.3) is 0 Å². The van der Waals surface area contributed by atoms with Crippen molar-refractivity contribution in [1.82, 2.24) is 5.32 Å². The standard InChI is InChI=1S/C15H21NO2/c1-10-8-12(6-7-14(10)18-3)13(11-4-5-11)9-15(17)16-2/h6-8,11,13H,4-5,9H2,1-3H3,(H,16,17). The van der Waals surface area contributed by atoms with Crippen LogP contribution in [0, 0.1) is 12.8 Å². The predicted octanol–water partition coefficient (Wildman–Crippen LogP) is 2.63. The number of hydrogen-bond donors (Lipinski definition) is 1. The lowest BCUT2D eigenvalue weighted by Gasteiger charge is -2.17. The Labute approximate surface area is 109 Å². The van der Waals surface area contributed by atoms with Crippen LogP contribution >= 0.6 is 0 Å². The molecular weight excluding hydrogens is 226 g/mol. The largest absolute Gasteiger partial charge is 0.496 e. The van der Waals surface area contributed by atoms with Gasteiger partial charge in [0.15, 0.2) is 0 Å². The lowest BCUT2D eigenvalue weighted by atomic mass is 9.89. The molecule has 1 aromatic rings. The first-order valence-corrected chi connectivity index (χ1v) is 6.50. The third kappa shape index (κ3) is 2.84. The highest BCUT2D eigenvalue weighted by molar-refractivity contribution is 5.76. The van der Waals surface area contributed by atoms with E-state index in [9.17, 15) is 4.79 Å². The molecule has 1 aliphatic carbocycles. The second-order valence-corrected chi connectivity index (χ2v) is 5.05. The van der Waals surface area contributed by atoms with Crippen LogP contribution in [0.15, 0.2) is 18.2 Å². The fourth-order valence-electron chi connectivity index (χ4n) is 2.49. The second kappa shape index (κ2) is 5.42. The van der Waals surface area contributed by atoms with Crippen molar-refractivity contribution in [3.63, 3.8) is 0 Å². The van der Waals surface area contributed by atoms with Crippen molar-refractivity contribution in [2.45, 2.75) is 32.1 Å². The molecule has 0 aliphatic heterocycles. The maximum atomic E-state index is 11.6. The van der Waals surface area contributed by atoms with E-state index in [0.717, 1.165) is 11.3 Å². The molecule has 0 spiro atoms. The summed E-state index contributed by atoms with van der Waals surface area (Å²) in [7, 11) is 3.39. The molecule has 1 fully saturated rings. The fourth-order valence-corrected chi connectivity index (χ4v) is 2.49. The van der Waals surface area contributed by atoms with Gasteiger partial charge in [0.2, 0.25) is 5.91 Å². The third-order valence-corrected chi connectivity index (χ3v) is 3.72. The molecule has 0 heterocycles. The number of benzene rings is 1. The Kier molecular flexibility index (Phi) is 3.90. The molecule has 3 nitrogen and oxygen atoms in total. The topological polar surface area (TPSA) is 38.3 Å². The molecular formula is C15H21NO2. The lowest BCUT2D eigenvalue weighted by molar-refractivity contribution is -0.121. The van der Waals surface area contributed by atoms with Crippen molar-refractivity contribution in [3.8, 4) is 5.75 Å². The summed E-state index contributed by atoms with van der Waals surface area (Å²) in [6.45, 7) is 2.05. The second-order valence-electron chi connectivity index (χ2n) is 5.05. The number of carbonyl (C=O) groups excluding carboxylic acids is 1. The highest BCUT2D eigenvalue weighted by Crippen LogP contribution is 2.45. The van der Waals surface area contributed by atoms with Crippen molar-refractivity contribution in [2.24, 2.45) is 5.92 Å². The van der Waals surface area contributed by atoms with E-state index in [2.05, 4.69) is 17.4 Å². The van der Waals surface area contributed by atoms with E-state index in [1.165, 1.54) is 18.4 Å². The maximum absolute atomic E-state index is 11.6. The molecule has 0 saturated heterocycles. The van der Waals surface area contributed by atoms with Gasteiger partial charge in [0.1, 0.15) is 5.75 Å². The lowest BCUT2D eigenvalue weighted by Crippen LogP contribution is -2.21. The fraction of sp³-hybridized carbons (Fsp3) is 0.533. The van der Waals surface area contributed by atoms with Crippen molar-refractivity contribution >= 4 is 5.91 Å². The van der Waals surface area contributed by atoms with Crippen molar-refractivity contribution in [1.29, 1.82) is 0 Å². The van der Waals surface area contributed by atoms with Gasteiger partial charge < -0.3 is 10.1 Å². The molecule has 1 unspecified atom stereocenters.